The number of rotatable bonds is 8. The monoisotopic (exact) mass is 586 g/mol. The maximum Gasteiger partial charge on any atom is 0.309 e. The minimum absolute atomic E-state index is 0.112. The zero-order valence-corrected chi connectivity index (χ0v) is 22.7. The fourth-order valence-corrected chi connectivity index (χ4v) is 6.09. The van der Waals surface area contributed by atoms with Crippen LogP contribution in [0.3, 0.4) is 0 Å². The van der Waals surface area contributed by atoms with Crippen LogP contribution >= 0.6 is 11.6 Å². The van der Waals surface area contributed by atoms with E-state index in [0.29, 0.717) is 9.87 Å². The summed E-state index contributed by atoms with van der Waals surface area (Å²) in [7, 11) is -3.46. The number of amides is 2. The number of sulfonamides is 1. The van der Waals surface area contributed by atoms with Crippen LogP contribution in [-0.2, 0) is 30.8 Å². The van der Waals surface area contributed by atoms with Crippen molar-refractivity contribution < 1.29 is 37.0 Å². The summed E-state index contributed by atoms with van der Waals surface area (Å²) in [6.07, 6.45) is 0.954. The van der Waals surface area contributed by atoms with E-state index in [0.717, 1.165) is 24.3 Å². The van der Waals surface area contributed by atoms with Gasteiger partial charge in [0.05, 0.1) is 17.9 Å². The van der Waals surface area contributed by atoms with Crippen LogP contribution in [0.25, 0.3) is 6.08 Å². The van der Waals surface area contributed by atoms with Gasteiger partial charge in [-0.3, -0.25) is 14.4 Å². The highest BCUT2D eigenvalue weighted by molar-refractivity contribution is 7.89. The van der Waals surface area contributed by atoms with Gasteiger partial charge in [0.2, 0.25) is 5.91 Å². The minimum Gasteiger partial charge on any atom is -0.496 e. The zero-order chi connectivity index (χ0) is 29.0. The number of methoxy groups -OCH3 is 1. The lowest BCUT2D eigenvalue weighted by Gasteiger charge is -2.32. The average molecular weight is 587 g/mol. The number of ether oxygens (including phenoxy) is 1. The zero-order valence-electron chi connectivity index (χ0n) is 21.1. The predicted octanol–water partition coefficient (Wildman–Crippen LogP) is 3.53. The van der Waals surface area contributed by atoms with Crippen molar-refractivity contribution in [3.63, 3.8) is 0 Å². The Morgan fingerprint density at radius 2 is 1.82 bits per heavy atom. The van der Waals surface area contributed by atoms with Crippen molar-refractivity contribution in [1.29, 1.82) is 0 Å². The Balaban J connectivity index is 1.91. The molecule has 9 nitrogen and oxygen atoms in total. The smallest absolute Gasteiger partial charge is 0.309 e. The van der Waals surface area contributed by atoms with Crippen molar-refractivity contribution in [2.75, 3.05) is 13.7 Å². The third-order valence-electron chi connectivity index (χ3n) is 6.34. The Bertz CT molecular complexity index is 1580. The molecule has 1 aliphatic rings. The Labute approximate surface area is 234 Å². The molecule has 0 spiro atoms. The van der Waals surface area contributed by atoms with Crippen LogP contribution < -0.4 is 10.1 Å². The summed E-state index contributed by atoms with van der Waals surface area (Å²) in [5, 5.41) is 12.9. The van der Waals surface area contributed by atoms with E-state index in [1.807, 2.05) is 0 Å². The molecule has 1 saturated heterocycles. The number of carboxylic acid groups (broad SMARTS) is 1. The summed E-state index contributed by atoms with van der Waals surface area (Å²) < 4.78 is 47.5. The van der Waals surface area contributed by atoms with E-state index < -0.39 is 52.1 Å². The molecular formula is C28H24ClFN2O7S. The van der Waals surface area contributed by atoms with Crippen LogP contribution in [0.2, 0.25) is 5.02 Å². The third-order valence-corrected chi connectivity index (χ3v) is 8.37. The number of nitrogens with zero attached hydrogens (tertiary/aromatic N) is 1. The number of hydrogen-bond donors (Lipinski definition) is 2. The normalized spacial score (nSPS) is 17.7. The van der Waals surface area contributed by atoms with Crippen molar-refractivity contribution in [3.8, 4) is 5.75 Å². The summed E-state index contributed by atoms with van der Waals surface area (Å²) in [6, 6.07) is 14.8. The average Bonchev–Trinajstić information content (AvgIpc) is 3.04. The minimum atomic E-state index is -4.80. The van der Waals surface area contributed by atoms with E-state index in [1.54, 1.807) is 30.3 Å². The van der Waals surface area contributed by atoms with Crippen LogP contribution in [-0.4, -0.2) is 55.3 Å². The Morgan fingerprint density at radius 3 is 2.45 bits per heavy atom. The van der Waals surface area contributed by atoms with E-state index in [9.17, 15) is 32.3 Å². The molecule has 2 atom stereocenters. The highest BCUT2D eigenvalue weighted by Gasteiger charge is 2.49. The number of carbonyl (C=O) groups is 3. The number of benzene rings is 3. The number of carbonyl (C=O) groups excluding carboxylic acids is 2. The molecule has 3 aromatic carbocycles. The summed E-state index contributed by atoms with van der Waals surface area (Å²) in [5.41, 5.74) is 0.395. The van der Waals surface area contributed by atoms with Crippen LogP contribution in [0.4, 0.5) is 4.39 Å². The first-order chi connectivity index (χ1) is 19.0. The maximum atomic E-state index is 14.0. The van der Waals surface area contributed by atoms with E-state index in [-0.39, 0.29) is 33.2 Å². The number of halogens is 2. The SMILES string of the molecule is COc1ccc(F)cc1C=C1CNC(=O)[C@@H](C(Cc2ccccc2)C(=O)O)N(S(=O)(=O)c2ccc(Cl)cc2)C1=O. The van der Waals surface area contributed by atoms with E-state index >= 15 is 0 Å². The lowest BCUT2D eigenvalue weighted by atomic mass is 9.91. The topological polar surface area (TPSA) is 130 Å². The molecule has 0 aromatic heterocycles. The predicted molar refractivity (Wildman–Crippen MR) is 144 cm³/mol. The van der Waals surface area contributed by atoms with Gasteiger partial charge in [-0.1, -0.05) is 41.9 Å². The van der Waals surface area contributed by atoms with Crippen LogP contribution in [0, 0.1) is 11.7 Å². The molecule has 0 radical (unpaired) electrons. The van der Waals surface area contributed by atoms with Gasteiger partial charge in [0.15, 0.2) is 0 Å². The number of aliphatic carboxylic acids is 1. The summed E-state index contributed by atoms with van der Waals surface area (Å²) in [6.45, 7) is -0.446. The van der Waals surface area contributed by atoms with Crippen molar-refractivity contribution in [1.82, 2.24) is 9.62 Å². The molecule has 2 N–H and O–H groups in total. The molecule has 0 aliphatic carbocycles. The first-order valence-electron chi connectivity index (χ1n) is 12.0. The Hall–Kier alpha value is -4.22. The second-order valence-electron chi connectivity index (χ2n) is 8.91. The molecule has 1 unspecified atom stereocenters. The molecule has 1 heterocycles. The molecule has 0 saturated carbocycles. The lowest BCUT2D eigenvalue weighted by molar-refractivity contribution is -0.148. The van der Waals surface area contributed by atoms with Gasteiger partial charge in [-0.15, -0.1) is 0 Å². The quantitative estimate of drug-likeness (QED) is 0.386. The largest absolute Gasteiger partial charge is 0.496 e. The Kier molecular flexibility index (Phi) is 8.55. The van der Waals surface area contributed by atoms with E-state index in [1.165, 1.54) is 31.4 Å². The fraction of sp³-hybridized carbons (Fsp3) is 0.179. The molecule has 1 fully saturated rings. The van der Waals surface area contributed by atoms with Gasteiger partial charge < -0.3 is 15.2 Å². The fourth-order valence-electron chi connectivity index (χ4n) is 4.38. The molecule has 40 heavy (non-hydrogen) atoms. The number of hydrogen-bond acceptors (Lipinski definition) is 6. The van der Waals surface area contributed by atoms with E-state index in [2.05, 4.69) is 5.32 Å². The van der Waals surface area contributed by atoms with E-state index in [4.69, 9.17) is 16.3 Å². The van der Waals surface area contributed by atoms with Crippen molar-refractivity contribution >= 4 is 45.5 Å². The first-order valence-corrected chi connectivity index (χ1v) is 13.8. The molecule has 2 amide bonds. The second-order valence-corrected chi connectivity index (χ2v) is 11.2. The molecule has 208 valence electrons. The van der Waals surface area contributed by atoms with Gasteiger partial charge in [-0.2, -0.15) is 0 Å². The highest BCUT2D eigenvalue weighted by atomic mass is 35.5. The molecule has 1 aliphatic heterocycles. The Morgan fingerprint density at radius 1 is 1.15 bits per heavy atom. The van der Waals surface area contributed by atoms with Crippen molar-refractivity contribution in [2.24, 2.45) is 5.92 Å². The summed E-state index contributed by atoms with van der Waals surface area (Å²) >= 11 is 5.92. The highest BCUT2D eigenvalue weighted by Crippen LogP contribution is 2.31. The molecule has 12 heteroatoms. The maximum absolute atomic E-state index is 14.0. The van der Waals surface area contributed by atoms with Gasteiger partial charge in [0.1, 0.15) is 17.6 Å². The molecule has 0 bridgehead atoms. The van der Waals surface area contributed by atoms with Crippen molar-refractivity contribution in [2.45, 2.75) is 17.4 Å². The standard InChI is InChI=1S/C28H24ClFN2O7S/c1-39-24-12-9-21(30)15-18(24)14-19-16-31-26(33)25(23(28(35)36)13-17-5-3-2-4-6-17)32(27(19)34)40(37,38)22-10-7-20(29)8-11-22/h2-12,14-15,23,25H,13,16H2,1H3,(H,31,33)(H,35,36)/t23?,25-/m1/s1. The second kappa shape index (κ2) is 11.9. The summed E-state index contributed by atoms with van der Waals surface area (Å²) in [5.74, 6) is -5.71. The lowest BCUT2D eigenvalue weighted by Crippen LogP contribution is -2.55. The van der Waals surface area contributed by atoms with Crippen molar-refractivity contribution in [3.05, 3.63) is 100 Å². The van der Waals surface area contributed by atoms with Gasteiger partial charge in [-0.05, 0) is 60.5 Å². The molecule has 3 aromatic rings. The van der Waals surface area contributed by atoms with Gasteiger partial charge >= 0.3 is 5.97 Å². The molecular weight excluding hydrogens is 563 g/mol. The van der Waals surface area contributed by atoms with Gasteiger partial charge in [0, 0.05) is 22.7 Å². The third kappa shape index (κ3) is 6.00. The number of carboxylic acids is 1. The van der Waals surface area contributed by atoms with Gasteiger partial charge in [0.25, 0.3) is 15.9 Å². The van der Waals surface area contributed by atoms with Crippen LogP contribution in [0.1, 0.15) is 11.1 Å². The van der Waals surface area contributed by atoms with Gasteiger partial charge in [-0.25, -0.2) is 17.1 Å². The number of nitrogens with one attached hydrogen (secondary N) is 1. The van der Waals surface area contributed by atoms with Crippen LogP contribution in [0.15, 0.2) is 83.3 Å². The first kappa shape index (κ1) is 28.8. The van der Waals surface area contributed by atoms with Crippen LogP contribution in [0.5, 0.6) is 5.75 Å². The summed E-state index contributed by atoms with van der Waals surface area (Å²) in [4.78, 5) is 39.6. The molecule has 4 rings (SSSR count).